The number of nitrogens with two attached hydrogens (primary N) is 1. The minimum Gasteiger partial charge on any atom is -0.319 e. The number of rotatable bonds is 3. The fourth-order valence-electron chi connectivity index (χ4n) is 2.21. The van der Waals surface area contributed by atoms with E-state index in [0.29, 0.717) is 0 Å². The molecule has 0 amide bonds. The first kappa shape index (κ1) is 12.5. The summed E-state index contributed by atoms with van der Waals surface area (Å²) in [5.41, 5.74) is 10.0. The Morgan fingerprint density at radius 3 is 2.65 bits per heavy atom. The Morgan fingerprint density at radius 2 is 1.90 bits per heavy atom. The molecular formula is C15H15N5. The van der Waals surface area contributed by atoms with Crippen LogP contribution >= 0.6 is 0 Å². The van der Waals surface area contributed by atoms with Gasteiger partial charge >= 0.3 is 0 Å². The zero-order valence-electron chi connectivity index (χ0n) is 11.1. The number of aromatic nitrogens is 4. The van der Waals surface area contributed by atoms with Crippen LogP contribution < -0.4 is 5.73 Å². The second-order valence-electron chi connectivity index (χ2n) is 4.56. The van der Waals surface area contributed by atoms with Crippen molar-refractivity contribution < 1.29 is 0 Å². The molecule has 1 atom stereocenters. The summed E-state index contributed by atoms with van der Waals surface area (Å²) < 4.78 is 1.76. The van der Waals surface area contributed by atoms with E-state index in [0.717, 1.165) is 22.6 Å². The number of aryl methyl sites for hydroxylation is 1. The number of nitrogens with zero attached hydrogens (tertiary/aromatic N) is 4. The van der Waals surface area contributed by atoms with Gasteiger partial charge in [-0.15, -0.1) is 5.10 Å². The zero-order valence-corrected chi connectivity index (χ0v) is 11.1. The van der Waals surface area contributed by atoms with Crippen LogP contribution in [-0.2, 0) is 0 Å². The van der Waals surface area contributed by atoms with E-state index >= 15 is 0 Å². The zero-order chi connectivity index (χ0) is 13.9. The minimum absolute atomic E-state index is 0.307. The van der Waals surface area contributed by atoms with Gasteiger partial charge in [-0.3, -0.25) is 4.98 Å². The quantitative estimate of drug-likeness (QED) is 0.786. The predicted octanol–water partition coefficient (Wildman–Crippen LogP) is 2.02. The van der Waals surface area contributed by atoms with Gasteiger partial charge in [-0.2, -0.15) is 0 Å². The van der Waals surface area contributed by atoms with Gasteiger partial charge < -0.3 is 5.73 Å². The average molecular weight is 265 g/mol. The SMILES string of the molecule is Cc1ncccc1C(N)c1cnnn1-c1ccccc1. The molecule has 1 unspecified atom stereocenters. The van der Waals surface area contributed by atoms with Gasteiger partial charge in [0, 0.05) is 11.9 Å². The number of hydrogen-bond donors (Lipinski definition) is 1. The van der Waals surface area contributed by atoms with E-state index in [9.17, 15) is 0 Å². The van der Waals surface area contributed by atoms with Crippen LogP contribution in [0.5, 0.6) is 0 Å². The summed E-state index contributed by atoms with van der Waals surface area (Å²) in [6.07, 6.45) is 3.46. The molecule has 0 aliphatic rings. The monoisotopic (exact) mass is 265 g/mol. The fraction of sp³-hybridized carbons (Fsp3) is 0.133. The molecule has 0 saturated heterocycles. The van der Waals surface area contributed by atoms with Crippen molar-refractivity contribution in [2.75, 3.05) is 0 Å². The highest BCUT2D eigenvalue weighted by atomic mass is 15.4. The fourth-order valence-corrected chi connectivity index (χ4v) is 2.21. The van der Waals surface area contributed by atoms with Crippen LogP contribution in [0, 0.1) is 6.92 Å². The first-order valence-corrected chi connectivity index (χ1v) is 6.40. The summed E-state index contributed by atoms with van der Waals surface area (Å²) >= 11 is 0. The Kier molecular flexibility index (Phi) is 3.26. The number of hydrogen-bond acceptors (Lipinski definition) is 4. The molecule has 20 heavy (non-hydrogen) atoms. The summed E-state index contributed by atoms with van der Waals surface area (Å²) in [7, 11) is 0. The van der Waals surface area contributed by atoms with E-state index in [1.165, 1.54) is 0 Å². The number of para-hydroxylation sites is 1. The number of benzene rings is 1. The van der Waals surface area contributed by atoms with Crippen molar-refractivity contribution in [3.8, 4) is 5.69 Å². The Labute approximate surface area is 117 Å². The largest absolute Gasteiger partial charge is 0.319 e. The van der Waals surface area contributed by atoms with Gasteiger partial charge in [-0.1, -0.05) is 29.5 Å². The molecule has 100 valence electrons. The molecule has 3 rings (SSSR count). The van der Waals surface area contributed by atoms with Crippen LogP contribution in [0.15, 0.2) is 54.9 Å². The number of pyridine rings is 1. The van der Waals surface area contributed by atoms with E-state index in [1.54, 1.807) is 17.1 Å². The van der Waals surface area contributed by atoms with Crippen LogP contribution in [0.25, 0.3) is 5.69 Å². The molecule has 0 aliphatic carbocycles. The summed E-state index contributed by atoms with van der Waals surface area (Å²) in [5, 5.41) is 8.12. The molecule has 2 N–H and O–H groups in total. The molecule has 0 fully saturated rings. The molecule has 2 heterocycles. The molecule has 0 spiro atoms. The molecule has 0 radical (unpaired) electrons. The molecule has 0 aliphatic heterocycles. The second kappa shape index (κ2) is 5.22. The first-order chi connectivity index (χ1) is 9.77. The summed E-state index contributed by atoms with van der Waals surface area (Å²) in [5.74, 6) is 0. The highest BCUT2D eigenvalue weighted by molar-refractivity contribution is 5.36. The molecule has 5 heteroatoms. The lowest BCUT2D eigenvalue weighted by Crippen LogP contribution is -2.18. The third-order valence-electron chi connectivity index (χ3n) is 3.28. The highest BCUT2D eigenvalue weighted by Gasteiger charge is 2.17. The Bertz CT molecular complexity index is 705. The summed E-state index contributed by atoms with van der Waals surface area (Å²) in [6.45, 7) is 1.95. The third-order valence-corrected chi connectivity index (χ3v) is 3.28. The van der Waals surface area contributed by atoms with Crippen molar-refractivity contribution >= 4 is 0 Å². The molecule has 1 aromatic carbocycles. The van der Waals surface area contributed by atoms with Gasteiger partial charge in [-0.25, -0.2) is 4.68 Å². The minimum atomic E-state index is -0.307. The lowest BCUT2D eigenvalue weighted by Gasteiger charge is -2.15. The van der Waals surface area contributed by atoms with Crippen molar-refractivity contribution in [3.05, 3.63) is 71.8 Å². The maximum atomic E-state index is 6.36. The van der Waals surface area contributed by atoms with E-state index in [2.05, 4.69) is 15.3 Å². The van der Waals surface area contributed by atoms with Crippen LogP contribution in [0.1, 0.15) is 23.0 Å². The lowest BCUT2D eigenvalue weighted by molar-refractivity contribution is 0.714. The van der Waals surface area contributed by atoms with Crippen LogP contribution in [0.2, 0.25) is 0 Å². The summed E-state index contributed by atoms with van der Waals surface area (Å²) in [4.78, 5) is 4.28. The van der Waals surface area contributed by atoms with Gasteiger partial charge in [0.05, 0.1) is 23.6 Å². The standard InChI is InChI=1S/C15H15N5/c1-11-13(8-5-9-17-11)15(16)14-10-18-19-20(14)12-6-3-2-4-7-12/h2-10,15H,16H2,1H3. The van der Waals surface area contributed by atoms with E-state index in [1.807, 2.05) is 49.4 Å². The van der Waals surface area contributed by atoms with Crippen molar-refractivity contribution in [3.63, 3.8) is 0 Å². The van der Waals surface area contributed by atoms with Crippen molar-refractivity contribution in [2.24, 2.45) is 5.73 Å². The molecule has 2 aromatic heterocycles. The Balaban J connectivity index is 2.04. The molecule has 5 nitrogen and oxygen atoms in total. The predicted molar refractivity (Wildman–Crippen MR) is 76.4 cm³/mol. The molecule has 3 aromatic rings. The smallest absolute Gasteiger partial charge is 0.0859 e. The third kappa shape index (κ3) is 2.19. The van der Waals surface area contributed by atoms with Crippen LogP contribution in [0.3, 0.4) is 0 Å². The van der Waals surface area contributed by atoms with Gasteiger partial charge in [0.25, 0.3) is 0 Å². The van der Waals surface area contributed by atoms with Crippen molar-refractivity contribution in [2.45, 2.75) is 13.0 Å². The first-order valence-electron chi connectivity index (χ1n) is 6.40. The molecule has 0 bridgehead atoms. The topological polar surface area (TPSA) is 69.6 Å². The maximum Gasteiger partial charge on any atom is 0.0859 e. The highest BCUT2D eigenvalue weighted by Crippen LogP contribution is 2.22. The van der Waals surface area contributed by atoms with Crippen LogP contribution in [0.4, 0.5) is 0 Å². The van der Waals surface area contributed by atoms with Gasteiger partial charge in [-0.05, 0) is 30.7 Å². The molecule has 0 saturated carbocycles. The van der Waals surface area contributed by atoms with E-state index in [4.69, 9.17) is 5.73 Å². The normalized spacial score (nSPS) is 12.3. The van der Waals surface area contributed by atoms with Crippen LogP contribution in [-0.4, -0.2) is 20.0 Å². The van der Waals surface area contributed by atoms with E-state index in [-0.39, 0.29) is 6.04 Å². The van der Waals surface area contributed by atoms with Gasteiger partial charge in [0.15, 0.2) is 0 Å². The van der Waals surface area contributed by atoms with E-state index < -0.39 is 0 Å². The lowest BCUT2D eigenvalue weighted by atomic mass is 10.0. The van der Waals surface area contributed by atoms with Gasteiger partial charge in [0.2, 0.25) is 0 Å². The summed E-state index contributed by atoms with van der Waals surface area (Å²) in [6, 6.07) is 13.4. The Hall–Kier alpha value is -2.53. The second-order valence-corrected chi connectivity index (χ2v) is 4.56. The Morgan fingerprint density at radius 1 is 1.10 bits per heavy atom. The van der Waals surface area contributed by atoms with Gasteiger partial charge in [0.1, 0.15) is 0 Å². The molecular weight excluding hydrogens is 250 g/mol. The van der Waals surface area contributed by atoms with Crippen molar-refractivity contribution in [1.82, 2.24) is 20.0 Å². The van der Waals surface area contributed by atoms with Crippen molar-refractivity contribution in [1.29, 1.82) is 0 Å². The maximum absolute atomic E-state index is 6.36. The average Bonchev–Trinajstić information content (AvgIpc) is 2.97.